The number of hydrogen-bond donors (Lipinski definition) is 1. The maximum Gasteiger partial charge on any atom is 0.222 e. The van der Waals surface area contributed by atoms with Gasteiger partial charge in [0.1, 0.15) is 5.69 Å². The number of hydrogen-bond acceptors (Lipinski definition) is 3. The summed E-state index contributed by atoms with van der Waals surface area (Å²) in [6.07, 6.45) is 0. The summed E-state index contributed by atoms with van der Waals surface area (Å²) in [6, 6.07) is 6.80. The van der Waals surface area contributed by atoms with Gasteiger partial charge in [-0.25, -0.2) is 0 Å². The van der Waals surface area contributed by atoms with Crippen LogP contribution in [0.3, 0.4) is 0 Å². The molecule has 0 spiro atoms. The van der Waals surface area contributed by atoms with Crippen LogP contribution in [0, 0.1) is 0 Å². The van der Waals surface area contributed by atoms with Gasteiger partial charge in [-0.05, 0) is 12.1 Å². The van der Waals surface area contributed by atoms with Gasteiger partial charge in [0.2, 0.25) is 5.88 Å². The lowest BCUT2D eigenvalue weighted by atomic mass is 10.1. The lowest BCUT2D eigenvalue weighted by molar-refractivity contribution is 0.439. The van der Waals surface area contributed by atoms with Crippen LogP contribution in [-0.2, 0) is 0 Å². The molecule has 0 radical (unpaired) electrons. The van der Waals surface area contributed by atoms with Crippen molar-refractivity contribution in [3.05, 3.63) is 34.3 Å². The number of rotatable bonds is 1. The molecule has 2 N–H and O–H groups in total. The van der Waals surface area contributed by atoms with Crippen LogP contribution in [-0.4, -0.2) is 5.16 Å². The zero-order valence-corrected chi connectivity index (χ0v) is 8.51. The molecule has 5 heteroatoms. The summed E-state index contributed by atoms with van der Waals surface area (Å²) in [4.78, 5) is 0. The highest BCUT2D eigenvalue weighted by atomic mass is 35.5. The molecule has 3 nitrogen and oxygen atoms in total. The zero-order valence-electron chi connectivity index (χ0n) is 7.00. The quantitative estimate of drug-likeness (QED) is 0.816. The molecule has 0 bridgehead atoms. The van der Waals surface area contributed by atoms with E-state index in [1.807, 2.05) is 0 Å². The maximum absolute atomic E-state index is 5.97. The molecule has 0 aliphatic rings. The summed E-state index contributed by atoms with van der Waals surface area (Å²) in [5.74, 6) is 0.232. The Labute approximate surface area is 90.4 Å². The van der Waals surface area contributed by atoms with E-state index in [0.717, 1.165) is 0 Å². The van der Waals surface area contributed by atoms with E-state index < -0.39 is 0 Å². The monoisotopic (exact) mass is 228 g/mol. The molecule has 0 saturated heterocycles. The van der Waals surface area contributed by atoms with E-state index in [0.29, 0.717) is 21.3 Å². The molecular formula is C9H6Cl2N2O. The molecule has 2 aromatic rings. The smallest absolute Gasteiger partial charge is 0.222 e. The molecule has 14 heavy (non-hydrogen) atoms. The molecule has 1 aromatic carbocycles. The largest absolute Gasteiger partial charge is 0.368 e. The van der Waals surface area contributed by atoms with Gasteiger partial charge < -0.3 is 10.3 Å². The highest BCUT2D eigenvalue weighted by molar-refractivity contribution is 6.39. The van der Waals surface area contributed by atoms with E-state index in [1.165, 1.54) is 0 Å². The maximum atomic E-state index is 5.97. The average molecular weight is 229 g/mol. The van der Waals surface area contributed by atoms with Gasteiger partial charge in [-0.3, -0.25) is 0 Å². The number of nitrogen functional groups attached to an aromatic ring is 1. The van der Waals surface area contributed by atoms with Crippen LogP contribution in [0.25, 0.3) is 11.3 Å². The summed E-state index contributed by atoms with van der Waals surface area (Å²) in [5, 5.41) is 4.78. The average Bonchev–Trinajstić information content (AvgIpc) is 2.51. The Kier molecular flexibility index (Phi) is 2.35. The van der Waals surface area contributed by atoms with Crippen LogP contribution in [0.4, 0.5) is 5.88 Å². The Morgan fingerprint density at radius 3 is 2.36 bits per heavy atom. The van der Waals surface area contributed by atoms with Crippen molar-refractivity contribution >= 4 is 29.1 Å². The first-order valence-electron chi connectivity index (χ1n) is 3.85. The van der Waals surface area contributed by atoms with Gasteiger partial charge in [0.25, 0.3) is 0 Å². The van der Waals surface area contributed by atoms with Crippen molar-refractivity contribution in [3.63, 3.8) is 0 Å². The summed E-state index contributed by atoms with van der Waals surface area (Å²) in [6.45, 7) is 0. The van der Waals surface area contributed by atoms with Crippen LogP contribution in [0.15, 0.2) is 28.8 Å². The van der Waals surface area contributed by atoms with Crippen LogP contribution in [0.1, 0.15) is 0 Å². The molecule has 0 fully saturated rings. The van der Waals surface area contributed by atoms with Crippen LogP contribution >= 0.6 is 23.2 Å². The fraction of sp³-hybridized carbons (Fsp3) is 0. The highest BCUT2D eigenvalue weighted by Gasteiger charge is 2.11. The lowest BCUT2D eigenvalue weighted by Gasteiger charge is -2.01. The third-order valence-corrected chi connectivity index (χ3v) is 2.38. The summed E-state index contributed by atoms with van der Waals surface area (Å²) >= 11 is 11.9. The predicted molar refractivity (Wildman–Crippen MR) is 56.4 cm³/mol. The Bertz CT molecular complexity index is 447. The van der Waals surface area contributed by atoms with Crippen molar-refractivity contribution in [2.45, 2.75) is 0 Å². The van der Waals surface area contributed by atoms with Crippen molar-refractivity contribution in [3.8, 4) is 11.3 Å². The molecule has 72 valence electrons. The summed E-state index contributed by atoms with van der Waals surface area (Å²) < 4.78 is 4.74. The predicted octanol–water partition coefficient (Wildman–Crippen LogP) is 3.23. The van der Waals surface area contributed by atoms with Crippen molar-refractivity contribution in [1.82, 2.24) is 5.16 Å². The molecule has 2 rings (SSSR count). The number of anilines is 1. The van der Waals surface area contributed by atoms with E-state index in [-0.39, 0.29) is 5.88 Å². The molecule has 0 aliphatic heterocycles. The van der Waals surface area contributed by atoms with Gasteiger partial charge in [0.05, 0.1) is 10.0 Å². The first-order chi connectivity index (χ1) is 6.68. The van der Waals surface area contributed by atoms with E-state index >= 15 is 0 Å². The molecular weight excluding hydrogens is 223 g/mol. The number of benzene rings is 1. The third-order valence-electron chi connectivity index (χ3n) is 1.75. The summed E-state index contributed by atoms with van der Waals surface area (Å²) in [7, 11) is 0. The standard InChI is InChI=1S/C9H6Cl2N2O/c10-5-2-1-3-6(11)9(5)7-4-8(12)14-13-7/h1-4H,12H2. The Hall–Kier alpha value is -1.19. The van der Waals surface area contributed by atoms with E-state index in [9.17, 15) is 0 Å². The minimum Gasteiger partial charge on any atom is -0.368 e. The normalized spacial score (nSPS) is 10.4. The molecule has 0 aliphatic carbocycles. The minimum absolute atomic E-state index is 0.232. The van der Waals surface area contributed by atoms with Crippen LogP contribution < -0.4 is 5.73 Å². The van der Waals surface area contributed by atoms with Crippen molar-refractivity contribution in [2.75, 3.05) is 5.73 Å². The first-order valence-corrected chi connectivity index (χ1v) is 4.60. The third kappa shape index (κ3) is 1.56. The fourth-order valence-corrected chi connectivity index (χ4v) is 1.74. The Balaban J connectivity index is 2.61. The second-order valence-corrected chi connectivity index (χ2v) is 3.53. The Morgan fingerprint density at radius 2 is 1.86 bits per heavy atom. The van der Waals surface area contributed by atoms with Crippen molar-refractivity contribution in [2.24, 2.45) is 0 Å². The molecule has 0 saturated carbocycles. The second kappa shape index (κ2) is 3.52. The summed E-state index contributed by atoms with van der Waals surface area (Å²) in [5.41, 5.74) is 6.58. The number of halogens is 2. The number of nitrogens with zero attached hydrogens (tertiary/aromatic N) is 1. The zero-order chi connectivity index (χ0) is 10.1. The van der Waals surface area contributed by atoms with Crippen molar-refractivity contribution in [1.29, 1.82) is 0 Å². The van der Waals surface area contributed by atoms with E-state index in [2.05, 4.69) is 5.16 Å². The fourth-order valence-electron chi connectivity index (χ4n) is 1.15. The lowest BCUT2D eigenvalue weighted by Crippen LogP contribution is -1.81. The van der Waals surface area contributed by atoms with Crippen LogP contribution in [0.2, 0.25) is 10.0 Å². The highest BCUT2D eigenvalue weighted by Crippen LogP contribution is 2.34. The molecule has 1 heterocycles. The van der Waals surface area contributed by atoms with E-state index in [1.54, 1.807) is 24.3 Å². The molecule has 0 unspecified atom stereocenters. The van der Waals surface area contributed by atoms with Gasteiger partial charge >= 0.3 is 0 Å². The van der Waals surface area contributed by atoms with Gasteiger partial charge in [-0.1, -0.05) is 34.4 Å². The van der Waals surface area contributed by atoms with E-state index in [4.69, 9.17) is 33.5 Å². The number of aromatic nitrogens is 1. The molecule has 1 aromatic heterocycles. The minimum atomic E-state index is 0.232. The molecule has 0 amide bonds. The SMILES string of the molecule is Nc1cc(-c2c(Cl)cccc2Cl)no1. The first kappa shape index (κ1) is 9.37. The molecule has 0 atom stereocenters. The van der Waals surface area contributed by atoms with Gasteiger partial charge in [-0.15, -0.1) is 0 Å². The number of nitrogens with two attached hydrogens (primary N) is 1. The van der Waals surface area contributed by atoms with Crippen LogP contribution in [0.5, 0.6) is 0 Å². The van der Waals surface area contributed by atoms with Gasteiger partial charge in [-0.2, -0.15) is 0 Å². The second-order valence-electron chi connectivity index (χ2n) is 2.71. The van der Waals surface area contributed by atoms with Gasteiger partial charge in [0.15, 0.2) is 0 Å². The van der Waals surface area contributed by atoms with Crippen molar-refractivity contribution < 1.29 is 4.52 Å². The topological polar surface area (TPSA) is 52.0 Å². The van der Waals surface area contributed by atoms with Gasteiger partial charge in [0, 0.05) is 11.6 Å². The Morgan fingerprint density at radius 1 is 1.21 bits per heavy atom.